The van der Waals surface area contributed by atoms with Gasteiger partial charge in [0.2, 0.25) is 0 Å². The second-order valence-electron chi connectivity index (χ2n) is 4.60. The first-order valence-corrected chi connectivity index (χ1v) is 7.29. The van der Waals surface area contributed by atoms with Gasteiger partial charge in [-0.15, -0.1) is 0 Å². The summed E-state index contributed by atoms with van der Waals surface area (Å²) in [6.45, 7) is 2.72. The molecule has 2 N–H and O–H groups in total. The van der Waals surface area contributed by atoms with Crippen molar-refractivity contribution in [3.63, 3.8) is 0 Å². The molecule has 1 aromatic heterocycles. The molecule has 1 aliphatic carbocycles. The third-order valence-electron chi connectivity index (χ3n) is 3.28. The minimum Gasteiger partial charge on any atom is -0.383 e. The molecule has 17 heavy (non-hydrogen) atoms. The lowest BCUT2D eigenvalue weighted by atomic mass is 10.2. The molecule has 1 saturated carbocycles. The number of aromatic nitrogens is 2. The maximum Gasteiger partial charge on any atom is 0.160 e. The van der Waals surface area contributed by atoms with Crippen LogP contribution in [-0.4, -0.2) is 16.6 Å². The first kappa shape index (κ1) is 11.3. The molecule has 0 aromatic carbocycles. The summed E-state index contributed by atoms with van der Waals surface area (Å²) >= 11 is 1.85. The number of nitrogens with zero attached hydrogens (tertiary/aromatic N) is 2. The summed E-state index contributed by atoms with van der Waals surface area (Å²) in [6, 6.07) is 0. The Morgan fingerprint density at radius 3 is 2.94 bits per heavy atom. The fourth-order valence-corrected chi connectivity index (χ4v) is 3.28. The molecule has 0 radical (unpaired) electrons. The number of anilines is 1. The Kier molecular flexibility index (Phi) is 2.96. The van der Waals surface area contributed by atoms with E-state index >= 15 is 0 Å². The van der Waals surface area contributed by atoms with Gasteiger partial charge in [0.15, 0.2) is 5.82 Å². The summed E-state index contributed by atoms with van der Waals surface area (Å²) in [5.74, 6) is 3.96. The molecule has 4 nitrogen and oxygen atoms in total. The van der Waals surface area contributed by atoms with Crippen molar-refractivity contribution in [1.82, 2.24) is 9.97 Å². The number of thioether (sulfide) groups is 1. The quantitative estimate of drug-likeness (QED) is 0.889. The Bertz CT molecular complexity index is 434. The Labute approximate surface area is 105 Å². The third-order valence-corrected chi connectivity index (χ3v) is 4.25. The van der Waals surface area contributed by atoms with Gasteiger partial charge < -0.3 is 10.5 Å². The summed E-state index contributed by atoms with van der Waals surface area (Å²) in [4.78, 5) is 9.11. The van der Waals surface area contributed by atoms with Crippen LogP contribution >= 0.6 is 11.8 Å². The SMILES string of the molecule is CCOC(c1nc(N)c2c(n1)CSC2)C1CC1. The van der Waals surface area contributed by atoms with E-state index in [-0.39, 0.29) is 6.10 Å². The molecule has 1 unspecified atom stereocenters. The number of ether oxygens (including phenoxy) is 1. The number of hydrogen-bond acceptors (Lipinski definition) is 5. The van der Waals surface area contributed by atoms with Crippen LogP contribution in [0.3, 0.4) is 0 Å². The van der Waals surface area contributed by atoms with Crippen LogP contribution in [-0.2, 0) is 16.2 Å². The molecule has 0 spiro atoms. The second-order valence-corrected chi connectivity index (χ2v) is 5.58. The van der Waals surface area contributed by atoms with Crippen molar-refractivity contribution in [3.8, 4) is 0 Å². The van der Waals surface area contributed by atoms with E-state index in [2.05, 4.69) is 9.97 Å². The first-order chi connectivity index (χ1) is 8.29. The molecule has 1 aliphatic heterocycles. The molecule has 3 rings (SSSR count). The van der Waals surface area contributed by atoms with Crippen molar-refractivity contribution in [2.75, 3.05) is 12.3 Å². The molecule has 0 amide bonds. The Balaban J connectivity index is 1.93. The zero-order chi connectivity index (χ0) is 11.8. The topological polar surface area (TPSA) is 61.0 Å². The summed E-state index contributed by atoms with van der Waals surface area (Å²) in [5, 5.41) is 0. The molecule has 0 bridgehead atoms. The summed E-state index contributed by atoms with van der Waals surface area (Å²) in [7, 11) is 0. The van der Waals surface area contributed by atoms with Crippen molar-refractivity contribution >= 4 is 17.6 Å². The van der Waals surface area contributed by atoms with Gasteiger partial charge in [0.25, 0.3) is 0 Å². The summed E-state index contributed by atoms with van der Waals surface area (Å²) in [5.41, 5.74) is 8.25. The summed E-state index contributed by atoms with van der Waals surface area (Å²) in [6.07, 6.45) is 2.50. The molecule has 2 heterocycles. The van der Waals surface area contributed by atoms with Crippen molar-refractivity contribution < 1.29 is 4.74 Å². The normalized spacial score (nSPS) is 20.3. The summed E-state index contributed by atoms with van der Waals surface area (Å²) < 4.78 is 5.78. The third kappa shape index (κ3) is 2.13. The van der Waals surface area contributed by atoms with Crippen molar-refractivity contribution in [2.24, 2.45) is 5.92 Å². The molecule has 2 aliphatic rings. The highest BCUT2D eigenvalue weighted by Gasteiger charge is 2.35. The number of nitrogens with two attached hydrogens (primary N) is 1. The Morgan fingerprint density at radius 1 is 1.41 bits per heavy atom. The van der Waals surface area contributed by atoms with Gasteiger partial charge in [0.05, 0.1) is 5.69 Å². The van der Waals surface area contributed by atoms with Crippen molar-refractivity contribution in [2.45, 2.75) is 37.4 Å². The smallest absolute Gasteiger partial charge is 0.160 e. The number of nitrogen functional groups attached to an aromatic ring is 1. The largest absolute Gasteiger partial charge is 0.383 e. The lowest BCUT2D eigenvalue weighted by Gasteiger charge is -2.16. The fourth-order valence-electron chi connectivity index (χ4n) is 2.22. The number of rotatable bonds is 4. The van der Waals surface area contributed by atoms with Crippen molar-refractivity contribution in [3.05, 3.63) is 17.1 Å². The molecular weight excluding hydrogens is 234 g/mol. The van der Waals surface area contributed by atoms with Gasteiger partial charge in [-0.3, -0.25) is 0 Å². The van der Waals surface area contributed by atoms with Gasteiger partial charge >= 0.3 is 0 Å². The maximum absolute atomic E-state index is 6.01. The van der Waals surface area contributed by atoms with Gasteiger partial charge in [-0.05, 0) is 25.7 Å². The average Bonchev–Trinajstić information content (AvgIpc) is 3.03. The van der Waals surface area contributed by atoms with E-state index in [4.69, 9.17) is 10.5 Å². The Morgan fingerprint density at radius 2 is 2.24 bits per heavy atom. The van der Waals surface area contributed by atoms with E-state index in [0.29, 0.717) is 18.3 Å². The molecule has 1 atom stereocenters. The van der Waals surface area contributed by atoms with Crippen LogP contribution in [0.1, 0.15) is 43.0 Å². The highest BCUT2D eigenvalue weighted by Crippen LogP contribution is 2.43. The van der Waals surface area contributed by atoms with Crippen LogP contribution < -0.4 is 5.73 Å². The molecule has 0 saturated heterocycles. The predicted octanol–water partition coefficient (Wildman–Crippen LogP) is 2.29. The fraction of sp³-hybridized carbons (Fsp3) is 0.667. The van der Waals surface area contributed by atoms with Gasteiger partial charge in [0, 0.05) is 23.7 Å². The molecule has 5 heteroatoms. The minimum atomic E-state index is 0.0539. The second kappa shape index (κ2) is 4.46. The Hall–Kier alpha value is -0.810. The van der Waals surface area contributed by atoms with E-state index in [9.17, 15) is 0 Å². The average molecular weight is 251 g/mol. The molecule has 1 aromatic rings. The number of hydrogen-bond donors (Lipinski definition) is 1. The van der Waals surface area contributed by atoms with Crippen LogP contribution in [0.15, 0.2) is 0 Å². The van der Waals surface area contributed by atoms with Gasteiger partial charge in [-0.2, -0.15) is 11.8 Å². The van der Waals surface area contributed by atoms with E-state index in [0.717, 1.165) is 28.6 Å². The van der Waals surface area contributed by atoms with E-state index in [1.807, 2.05) is 18.7 Å². The van der Waals surface area contributed by atoms with Crippen LogP contribution in [0.2, 0.25) is 0 Å². The van der Waals surface area contributed by atoms with Crippen LogP contribution in [0.25, 0.3) is 0 Å². The molecule has 92 valence electrons. The lowest BCUT2D eigenvalue weighted by molar-refractivity contribution is 0.0400. The van der Waals surface area contributed by atoms with E-state index in [1.54, 1.807) is 0 Å². The molecular formula is C12H17N3OS. The number of fused-ring (bicyclic) bond motifs is 1. The zero-order valence-corrected chi connectivity index (χ0v) is 10.8. The highest BCUT2D eigenvalue weighted by atomic mass is 32.2. The van der Waals surface area contributed by atoms with Gasteiger partial charge in [-0.25, -0.2) is 9.97 Å². The van der Waals surface area contributed by atoms with E-state index in [1.165, 1.54) is 12.8 Å². The first-order valence-electron chi connectivity index (χ1n) is 6.14. The van der Waals surface area contributed by atoms with Gasteiger partial charge in [0.1, 0.15) is 11.9 Å². The highest BCUT2D eigenvalue weighted by molar-refractivity contribution is 7.98. The molecule has 1 fully saturated rings. The lowest BCUT2D eigenvalue weighted by Crippen LogP contribution is -2.14. The zero-order valence-electron chi connectivity index (χ0n) is 9.98. The van der Waals surface area contributed by atoms with Crippen LogP contribution in [0.5, 0.6) is 0 Å². The van der Waals surface area contributed by atoms with Crippen LogP contribution in [0.4, 0.5) is 5.82 Å². The standard InChI is InChI=1S/C12H17N3OS/c1-2-16-10(7-3-4-7)12-14-9-6-17-5-8(9)11(13)15-12/h7,10H,2-6H2,1H3,(H2,13,14,15). The predicted molar refractivity (Wildman–Crippen MR) is 68.5 cm³/mol. The van der Waals surface area contributed by atoms with Crippen molar-refractivity contribution in [1.29, 1.82) is 0 Å². The monoisotopic (exact) mass is 251 g/mol. The van der Waals surface area contributed by atoms with Gasteiger partial charge in [-0.1, -0.05) is 0 Å². The van der Waals surface area contributed by atoms with Crippen LogP contribution in [0, 0.1) is 5.92 Å². The van der Waals surface area contributed by atoms with E-state index < -0.39 is 0 Å². The maximum atomic E-state index is 6.01. The minimum absolute atomic E-state index is 0.0539.